The van der Waals surface area contributed by atoms with Gasteiger partial charge >= 0.3 is 0 Å². The van der Waals surface area contributed by atoms with E-state index in [9.17, 15) is 0 Å². The average molecular weight is 703 g/mol. The van der Waals surface area contributed by atoms with Crippen LogP contribution in [0.5, 0.6) is 0 Å². The summed E-state index contributed by atoms with van der Waals surface area (Å²) in [5, 5.41) is 7.33. The standard InChI is InChI=1S/C53H38N2/c1-53(2)46-26-14-13-25-43(46)44-30-29-40(34-47(44)53)54(39-21-7-4-8-22-39)50-33-38-19-10-12-24-42(38)52-51(50)45-32-37(35-16-5-3-6-17-35)28-31-49(45)55(52)48-27-15-20-36-18-9-11-23-41(36)48/h3-34H,1-2H3. The Morgan fingerprint density at radius 2 is 1.11 bits per heavy atom. The highest BCUT2D eigenvalue weighted by atomic mass is 15.1. The van der Waals surface area contributed by atoms with E-state index in [2.05, 4.69) is 217 Å². The summed E-state index contributed by atoms with van der Waals surface area (Å²) in [4.78, 5) is 2.50. The van der Waals surface area contributed by atoms with Gasteiger partial charge in [-0.1, -0.05) is 159 Å². The minimum absolute atomic E-state index is 0.127. The third-order valence-corrected chi connectivity index (χ3v) is 11.9. The van der Waals surface area contributed by atoms with Crippen molar-refractivity contribution in [2.75, 3.05) is 4.90 Å². The predicted molar refractivity (Wildman–Crippen MR) is 233 cm³/mol. The summed E-state index contributed by atoms with van der Waals surface area (Å²) in [6.07, 6.45) is 0. The van der Waals surface area contributed by atoms with E-state index in [1.54, 1.807) is 0 Å². The molecule has 0 aliphatic heterocycles. The first-order chi connectivity index (χ1) is 27.1. The molecule has 2 heteroatoms. The van der Waals surface area contributed by atoms with Crippen LogP contribution in [0.1, 0.15) is 25.0 Å². The molecule has 11 rings (SSSR count). The number of hydrogen-bond acceptors (Lipinski definition) is 1. The number of rotatable bonds is 5. The van der Waals surface area contributed by atoms with E-state index in [1.165, 1.54) is 82.4 Å². The Morgan fingerprint density at radius 3 is 1.95 bits per heavy atom. The van der Waals surface area contributed by atoms with Crippen molar-refractivity contribution in [2.45, 2.75) is 19.3 Å². The fourth-order valence-corrected chi connectivity index (χ4v) is 9.34. The molecule has 260 valence electrons. The molecular formula is C53H38N2. The van der Waals surface area contributed by atoms with Crippen LogP contribution in [0.15, 0.2) is 194 Å². The normalized spacial score (nSPS) is 13.1. The van der Waals surface area contributed by atoms with Crippen LogP contribution in [-0.4, -0.2) is 4.57 Å². The van der Waals surface area contributed by atoms with Gasteiger partial charge in [0.2, 0.25) is 0 Å². The van der Waals surface area contributed by atoms with Crippen LogP contribution in [0.4, 0.5) is 17.1 Å². The van der Waals surface area contributed by atoms with Gasteiger partial charge in [0.15, 0.2) is 0 Å². The minimum Gasteiger partial charge on any atom is -0.310 e. The van der Waals surface area contributed by atoms with Crippen molar-refractivity contribution in [1.29, 1.82) is 0 Å². The van der Waals surface area contributed by atoms with Gasteiger partial charge in [-0.3, -0.25) is 0 Å². The number of benzene rings is 9. The number of nitrogens with zero attached hydrogens (tertiary/aromatic N) is 2. The Labute approximate surface area is 321 Å². The Morgan fingerprint density at radius 1 is 0.436 bits per heavy atom. The largest absolute Gasteiger partial charge is 0.310 e. The summed E-state index contributed by atoms with van der Waals surface area (Å²) in [7, 11) is 0. The van der Waals surface area contributed by atoms with Crippen LogP contribution < -0.4 is 4.90 Å². The van der Waals surface area contributed by atoms with Gasteiger partial charge in [0.05, 0.1) is 22.4 Å². The molecule has 2 nitrogen and oxygen atoms in total. The predicted octanol–water partition coefficient (Wildman–Crippen LogP) is 14.5. The second kappa shape index (κ2) is 12.1. The van der Waals surface area contributed by atoms with E-state index < -0.39 is 0 Å². The second-order valence-corrected chi connectivity index (χ2v) is 15.3. The quantitative estimate of drug-likeness (QED) is 0.173. The van der Waals surface area contributed by atoms with Crippen molar-refractivity contribution in [2.24, 2.45) is 0 Å². The van der Waals surface area contributed by atoms with E-state index in [-0.39, 0.29) is 5.41 Å². The maximum atomic E-state index is 2.53. The Bertz CT molecular complexity index is 3110. The lowest BCUT2D eigenvalue weighted by Crippen LogP contribution is -2.16. The summed E-state index contributed by atoms with van der Waals surface area (Å²) in [6.45, 7) is 4.73. The van der Waals surface area contributed by atoms with Gasteiger partial charge < -0.3 is 9.47 Å². The lowest BCUT2D eigenvalue weighted by atomic mass is 9.82. The summed E-state index contributed by atoms with van der Waals surface area (Å²) in [6, 6.07) is 71.5. The first-order valence-electron chi connectivity index (χ1n) is 19.2. The third kappa shape index (κ3) is 4.74. The number of fused-ring (bicyclic) bond motifs is 9. The van der Waals surface area contributed by atoms with Crippen molar-refractivity contribution in [1.82, 2.24) is 4.57 Å². The highest BCUT2D eigenvalue weighted by Crippen LogP contribution is 2.52. The summed E-state index contributed by atoms with van der Waals surface area (Å²) >= 11 is 0. The Balaban J connectivity index is 1.29. The smallest absolute Gasteiger partial charge is 0.0640 e. The number of anilines is 3. The lowest BCUT2D eigenvalue weighted by Gasteiger charge is -2.29. The Kier molecular flexibility index (Phi) is 6.93. The minimum atomic E-state index is -0.127. The molecule has 1 aliphatic rings. The van der Waals surface area contributed by atoms with Gasteiger partial charge in [-0.25, -0.2) is 0 Å². The van der Waals surface area contributed by atoms with Crippen molar-refractivity contribution in [3.8, 4) is 27.9 Å². The van der Waals surface area contributed by atoms with Crippen LogP contribution in [0.2, 0.25) is 0 Å². The summed E-state index contributed by atoms with van der Waals surface area (Å²) < 4.78 is 2.53. The highest BCUT2D eigenvalue weighted by Gasteiger charge is 2.36. The average Bonchev–Trinajstić information content (AvgIpc) is 3.70. The molecule has 1 aromatic heterocycles. The van der Waals surface area contributed by atoms with Gasteiger partial charge in [0.1, 0.15) is 0 Å². The van der Waals surface area contributed by atoms with Gasteiger partial charge in [-0.05, 0) is 92.7 Å². The van der Waals surface area contributed by atoms with Gasteiger partial charge in [0, 0.05) is 38.3 Å². The van der Waals surface area contributed by atoms with Gasteiger partial charge in [-0.2, -0.15) is 0 Å². The molecule has 0 unspecified atom stereocenters. The van der Waals surface area contributed by atoms with E-state index in [0.29, 0.717) is 0 Å². The van der Waals surface area contributed by atoms with Crippen LogP contribution in [0, 0.1) is 0 Å². The zero-order valence-electron chi connectivity index (χ0n) is 30.9. The fourth-order valence-electron chi connectivity index (χ4n) is 9.34. The van der Waals surface area contributed by atoms with Crippen molar-refractivity contribution < 1.29 is 0 Å². The maximum Gasteiger partial charge on any atom is 0.0640 e. The van der Waals surface area contributed by atoms with Crippen molar-refractivity contribution in [3.63, 3.8) is 0 Å². The first kappa shape index (κ1) is 31.6. The number of aromatic nitrogens is 1. The summed E-state index contributed by atoms with van der Waals surface area (Å²) in [5.74, 6) is 0. The molecule has 0 atom stereocenters. The second-order valence-electron chi connectivity index (χ2n) is 15.3. The Hall–Kier alpha value is -6.90. The molecule has 0 saturated heterocycles. The molecule has 10 aromatic rings. The van der Waals surface area contributed by atoms with E-state index >= 15 is 0 Å². The first-order valence-corrected chi connectivity index (χ1v) is 19.2. The van der Waals surface area contributed by atoms with Crippen LogP contribution in [-0.2, 0) is 5.41 Å². The third-order valence-electron chi connectivity index (χ3n) is 11.9. The van der Waals surface area contributed by atoms with E-state index in [0.717, 1.165) is 17.1 Å². The van der Waals surface area contributed by atoms with Crippen molar-refractivity contribution in [3.05, 3.63) is 205 Å². The molecule has 0 fully saturated rings. The molecule has 0 radical (unpaired) electrons. The topological polar surface area (TPSA) is 8.17 Å². The summed E-state index contributed by atoms with van der Waals surface area (Å²) in [5.41, 5.74) is 14.7. The molecule has 9 aromatic carbocycles. The molecule has 55 heavy (non-hydrogen) atoms. The molecule has 0 saturated carbocycles. The van der Waals surface area contributed by atoms with Crippen LogP contribution in [0.3, 0.4) is 0 Å². The molecule has 1 aliphatic carbocycles. The molecular weight excluding hydrogens is 665 g/mol. The van der Waals surface area contributed by atoms with Gasteiger partial charge in [-0.15, -0.1) is 0 Å². The van der Waals surface area contributed by atoms with Crippen LogP contribution in [0.25, 0.3) is 71.3 Å². The number of para-hydroxylation sites is 1. The molecule has 0 spiro atoms. The SMILES string of the molecule is CC1(C)c2ccccc2-c2ccc(N(c3ccccc3)c3cc4ccccc4c4c3c3cc(-c5ccccc5)ccc3n4-c3cccc4ccccc34)cc21. The monoisotopic (exact) mass is 702 g/mol. The molecule has 1 heterocycles. The zero-order chi connectivity index (χ0) is 36.7. The van der Waals surface area contributed by atoms with E-state index in [4.69, 9.17) is 0 Å². The van der Waals surface area contributed by atoms with Gasteiger partial charge in [0.25, 0.3) is 0 Å². The zero-order valence-corrected chi connectivity index (χ0v) is 30.9. The number of hydrogen-bond donors (Lipinski definition) is 0. The lowest BCUT2D eigenvalue weighted by molar-refractivity contribution is 0.660. The van der Waals surface area contributed by atoms with Crippen LogP contribution >= 0.6 is 0 Å². The fraction of sp³-hybridized carbons (Fsp3) is 0.0566. The molecule has 0 N–H and O–H groups in total. The maximum absolute atomic E-state index is 2.53. The highest BCUT2D eigenvalue weighted by molar-refractivity contribution is 6.25. The molecule has 0 amide bonds. The van der Waals surface area contributed by atoms with E-state index in [1.807, 2.05) is 0 Å². The molecule has 0 bridgehead atoms. The van der Waals surface area contributed by atoms with Crippen molar-refractivity contribution >= 4 is 60.4 Å².